The van der Waals surface area contributed by atoms with Gasteiger partial charge in [-0.15, -0.1) is 0 Å². The van der Waals surface area contributed by atoms with Crippen molar-refractivity contribution in [2.45, 2.75) is 32.2 Å². The lowest BCUT2D eigenvalue weighted by Gasteiger charge is -2.15. The summed E-state index contributed by atoms with van der Waals surface area (Å²) in [7, 11) is 0. The number of aryl methyl sites for hydroxylation is 1. The molecule has 0 saturated heterocycles. The highest BCUT2D eigenvalue weighted by atomic mass is 35.5. The third-order valence-electron chi connectivity index (χ3n) is 3.49. The molecule has 2 aliphatic rings. The zero-order valence-electron chi connectivity index (χ0n) is 9.46. The predicted octanol–water partition coefficient (Wildman–Crippen LogP) is 1.97. The molecule has 2 heterocycles. The van der Waals surface area contributed by atoms with Crippen LogP contribution in [0.3, 0.4) is 0 Å². The van der Waals surface area contributed by atoms with Crippen LogP contribution in [0.25, 0.3) is 0 Å². The van der Waals surface area contributed by atoms with E-state index < -0.39 is 0 Å². The standard InChI is InChI=1S/C11H13ClN4O/c1-5-8-9(16-11(12)13-5)14-7-4-2-3-6(7)10(17)15-8/h6-7H,2-4H2,1H3,(H,15,17)(H,13,14,16). The van der Waals surface area contributed by atoms with Crippen LogP contribution < -0.4 is 10.6 Å². The van der Waals surface area contributed by atoms with Crippen LogP contribution in [0.5, 0.6) is 0 Å². The van der Waals surface area contributed by atoms with E-state index in [2.05, 4.69) is 20.6 Å². The van der Waals surface area contributed by atoms with E-state index in [0.717, 1.165) is 19.3 Å². The van der Waals surface area contributed by atoms with Gasteiger partial charge in [0.15, 0.2) is 5.82 Å². The molecule has 1 aliphatic heterocycles. The molecule has 1 fully saturated rings. The summed E-state index contributed by atoms with van der Waals surface area (Å²) in [6.07, 6.45) is 3.00. The minimum Gasteiger partial charge on any atom is -0.365 e. The van der Waals surface area contributed by atoms with Crippen LogP contribution in [-0.2, 0) is 4.79 Å². The van der Waals surface area contributed by atoms with Gasteiger partial charge < -0.3 is 10.6 Å². The van der Waals surface area contributed by atoms with Crippen molar-refractivity contribution in [1.29, 1.82) is 0 Å². The first kappa shape index (κ1) is 10.8. The largest absolute Gasteiger partial charge is 0.365 e. The normalized spacial score (nSPS) is 26.6. The molecule has 1 aliphatic carbocycles. The average Bonchev–Trinajstić information content (AvgIpc) is 2.66. The molecule has 3 rings (SSSR count). The van der Waals surface area contributed by atoms with Crippen molar-refractivity contribution in [3.05, 3.63) is 11.0 Å². The van der Waals surface area contributed by atoms with Gasteiger partial charge >= 0.3 is 0 Å². The number of amides is 1. The molecule has 6 heteroatoms. The van der Waals surface area contributed by atoms with Gasteiger partial charge in [0.25, 0.3) is 0 Å². The molecule has 2 unspecified atom stereocenters. The summed E-state index contributed by atoms with van der Waals surface area (Å²) in [4.78, 5) is 20.3. The fourth-order valence-electron chi connectivity index (χ4n) is 2.63. The van der Waals surface area contributed by atoms with Gasteiger partial charge in [-0.3, -0.25) is 4.79 Å². The molecule has 0 spiro atoms. The lowest BCUT2D eigenvalue weighted by molar-refractivity contribution is -0.119. The molecule has 1 aromatic rings. The van der Waals surface area contributed by atoms with Crippen LogP contribution in [0, 0.1) is 12.8 Å². The van der Waals surface area contributed by atoms with Crippen molar-refractivity contribution < 1.29 is 4.79 Å². The van der Waals surface area contributed by atoms with Gasteiger partial charge in [-0.25, -0.2) is 4.98 Å². The van der Waals surface area contributed by atoms with Gasteiger partial charge in [-0.2, -0.15) is 4.98 Å². The van der Waals surface area contributed by atoms with Crippen molar-refractivity contribution in [2.24, 2.45) is 5.92 Å². The van der Waals surface area contributed by atoms with Crippen LogP contribution in [0.4, 0.5) is 11.5 Å². The number of fused-ring (bicyclic) bond motifs is 2. The number of hydrogen-bond donors (Lipinski definition) is 2. The smallest absolute Gasteiger partial charge is 0.229 e. The minimum atomic E-state index is 0.0300. The molecule has 1 saturated carbocycles. The summed E-state index contributed by atoms with van der Waals surface area (Å²) in [5, 5.41) is 6.43. The number of hydrogen-bond acceptors (Lipinski definition) is 4. The van der Waals surface area contributed by atoms with E-state index in [1.807, 2.05) is 6.92 Å². The molecule has 17 heavy (non-hydrogen) atoms. The van der Waals surface area contributed by atoms with Gasteiger partial charge in [0, 0.05) is 6.04 Å². The molecular weight excluding hydrogens is 240 g/mol. The van der Waals surface area contributed by atoms with E-state index in [1.165, 1.54) is 0 Å². The third kappa shape index (κ3) is 1.74. The molecule has 0 aromatic carbocycles. The number of nitrogens with one attached hydrogen (secondary N) is 2. The Morgan fingerprint density at radius 2 is 2.18 bits per heavy atom. The lowest BCUT2D eigenvalue weighted by Crippen LogP contribution is -2.30. The molecule has 90 valence electrons. The highest BCUT2D eigenvalue weighted by molar-refractivity contribution is 6.28. The predicted molar refractivity (Wildman–Crippen MR) is 65.2 cm³/mol. The van der Waals surface area contributed by atoms with Crippen LogP contribution in [-0.4, -0.2) is 21.9 Å². The van der Waals surface area contributed by atoms with Gasteiger partial charge in [0.1, 0.15) is 5.69 Å². The second-order valence-corrected chi connectivity index (χ2v) is 4.92. The molecule has 0 radical (unpaired) electrons. The number of carbonyl (C=O) groups excluding carboxylic acids is 1. The maximum absolute atomic E-state index is 12.1. The second kappa shape index (κ2) is 3.84. The minimum absolute atomic E-state index is 0.0300. The van der Waals surface area contributed by atoms with E-state index in [4.69, 9.17) is 11.6 Å². The Balaban J connectivity index is 2.07. The van der Waals surface area contributed by atoms with E-state index >= 15 is 0 Å². The summed E-state index contributed by atoms with van der Waals surface area (Å²) in [5.74, 6) is 0.736. The first-order valence-electron chi connectivity index (χ1n) is 5.76. The van der Waals surface area contributed by atoms with Crippen LogP contribution in [0.1, 0.15) is 25.0 Å². The fraction of sp³-hybridized carbons (Fsp3) is 0.545. The first-order chi connectivity index (χ1) is 8.15. The quantitative estimate of drug-likeness (QED) is 0.693. The van der Waals surface area contributed by atoms with Crippen molar-refractivity contribution in [3.63, 3.8) is 0 Å². The van der Waals surface area contributed by atoms with Crippen LogP contribution in [0.15, 0.2) is 0 Å². The number of halogens is 1. The molecule has 5 nitrogen and oxygen atoms in total. The van der Waals surface area contributed by atoms with Gasteiger partial charge in [-0.1, -0.05) is 6.42 Å². The number of rotatable bonds is 0. The molecule has 1 aromatic heterocycles. The van der Waals surface area contributed by atoms with Crippen molar-refractivity contribution in [2.75, 3.05) is 10.6 Å². The summed E-state index contributed by atoms with van der Waals surface area (Å²) in [5.41, 5.74) is 1.36. The highest BCUT2D eigenvalue weighted by Gasteiger charge is 2.36. The first-order valence-corrected chi connectivity index (χ1v) is 6.14. The molecule has 0 bridgehead atoms. The Bertz CT molecular complexity index is 491. The van der Waals surface area contributed by atoms with Gasteiger partial charge in [0.05, 0.1) is 11.6 Å². The van der Waals surface area contributed by atoms with E-state index in [9.17, 15) is 4.79 Å². The molecular formula is C11H13ClN4O. The van der Waals surface area contributed by atoms with Crippen LogP contribution in [0.2, 0.25) is 5.28 Å². The van der Waals surface area contributed by atoms with Gasteiger partial charge in [-0.05, 0) is 31.4 Å². The highest BCUT2D eigenvalue weighted by Crippen LogP contribution is 2.35. The lowest BCUT2D eigenvalue weighted by atomic mass is 10.0. The van der Waals surface area contributed by atoms with Crippen molar-refractivity contribution in [3.8, 4) is 0 Å². The number of aromatic nitrogens is 2. The van der Waals surface area contributed by atoms with Crippen molar-refractivity contribution in [1.82, 2.24) is 9.97 Å². The maximum atomic E-state index is 12.1. The van der Waals surface area contributed by atoms with Gasteiger partial charge in [0.2, 0.25) is 11.2 Å². The molecule has 2 N–H and O–H groups in total. The second-order valence-electron chi connectivity index (χ2n) is 4.58. The van der Waals surface area contributed by atoms with E-state index in [0.29, 0.717) is 17.2 Å². The average molecular weight is 253 g/mol. The summed E-state index contributed by atoms with van der Waals surface area (Å²) in [6.45, 7) is 1.81. The topological polar surface area (TPSA) is 66.9 Å². The number of nitrogens with zero attached hydrogens (tertiary/aromatic N) is 2. The Hall–Kier alpha value is -1.36. The maximum Gasteiger partial charge on any atom is 0.229 e. The Morgan fingerprint density at radius 1 is 1.35 bits per heavy atom. The summed E-state index contributed by atoms with van der Waals surface area (Å²) < 4.78 is 0. The Labute approximate surface area is 104 Å². The third-order valence-corrected chi connectivity index (χ3v) is 3.65. The fourth-order valence-corrected chi connectivity index (χ4v) is 2.84. The SMILES string of the molecule is Cc1nc(Cl)nc2c1NC(=O)C1CCCC1N2. The number of carbonyl (C=O) groups is 1. The van der Waals surface area contributed by atoms with E-state index in [1.54, 1.807) is 0 Å². The summed E-state index contributed by atoms with van der Waals surface area (Å²) in [6, 6.07) is 0.168. The zero-order chi connectivity index (χ0) is 12.0. The molecule has 1 amide bonds. The van der Waals surface area contributed by atoms with Crippen LogP contribution >= 0.6 is 11.6 Å². The summed E-state index contributed by atoms with van der Waals surface area (Å²) >= 11 is 5.84. The zero-order valence-corrected chi connectivity index (χ0v) is 10.2. The van der Waals surface area contributed by atoms with E-state index in [-0.39, 0.29) is 23.2 Å². The van der Waals surface area contributed by atoms with Crippen molar-refractivity contribution >= 4 is 29.0 Å². The monoisotopic (exact) mass is 252 g/mol. The molecule has 2 atom stereocenters. The Morgan fingerprint density at radius 3 is 3.00 bits per heavy atom. The number of anilines is 2. The Kier molecular flexibility index (Phi) is 2.43.